The van der Waals surface area contributed by atoms with Crippen LogP contribution in [0.25, 0.3) is 11.1 Å². The molecule has 2 N–H and O–H groups in total. The van der Waals surface area contributed by atoms with Gasteiger partial charge in [0.2, 0.25) is 0 Å². The minimum Gasteiger partial charge on any atom is -0.396 e. The Balaban J connectivity index is 1.95. The Labute approximate surface area is 156 Å². The van der Waals surface area contributed by atoms with E-state index in [1.165, 1.54) is 18.4 Å². The summed E-state index contributed by atoms with van der Waals surface area (Å²) in [6.07, 6.45) is 7.03. The first-order chi connectivity index (χ1) is 12.7. The first kappa shape index (κ1) is 20.6. The van der Waals surface area contributed by atoms with Gasteiger partial charge in [-0.25, -0.2) is 4.39 Å². The van der Waals surface area contributed by atoms with Crippen molar-refractivity contribution in [3.8, 4) is 11.1 Å². The number of aliphatic hydroxyl groups excluding tert-OH is 2. The number of hydrogen-bond donors (Lipinski definition) is 2. The molecule has 26 heavy (non-hydrogen) atoms. The average molecular weight is 358 g/mol. The van der Waals surface area contributed by atoms with Crippen LogP contribution in [0.2, 0.25) is 0 Å². The van der Waals surface area contributed by atoms with Crippen molar-refractivity contribution >= 4 is 0 Å². The van der Waals surface area contributed by atoms with Gasteiger partial charge in [0, 0.05) is 24.7 Å². The van der Waals surface area contributed by atoms with E-state index >= 15 is 0 Å². The Kier molecular flexibility index (Phi) is 8.79. The van der Waals surface area contributed by atoms with Crippen LogP contribution >= 0.6 is 0 Å². The molecular weight excluding hydrogens is 327 g/mol. The van der Waals surface area contributed by atoms with Crippen LogP contribution in [0.15, 0.2) is 42.5 Å². The lowest BCUT2D eigenvalue weighted by atomic mass is 9.97. The van der Waals surface area contributed by atoms with E-state index in [4.69, 9.17) is 10.2 Å². The highest BCUT2D eigenvalue weighted by molar-refractivity contribution is 5.64. The normalized spacial score (nSPS) is 11.3. The highest BCUT2D eigenvalue weighted by Gasteiger charge is 2.08. The summed E-state index contributed by atoms with van der Waals surface area (Å²) < 4.78 is 14.5. The van der Waals surface area contributed by atoms with Crippen LogP contribution in [0.3, 0.4) is 0 Å². The first-order valence-electron chi connectivity index (χ1n) is 9.77. The molecule has 0 fully saturated rings. The molecule has 0 spiro atoms. The van der Waals surface area contributed by atoms with E-state index in [0.29, 0.717) is 5.56 Å². The predicted molar refractivity (Wildman–Crippen MR) is 106 cm³/mol. The van der Waals surface area contributed by atoms with E-state index in [1.807, 2.05) is 36.4 Å². The molecule has 0 atom stereocenters. The molecule has 2 nitrogen and oxygen atoms in total. The fraction of sp³-hybridized carbons (Fsp3) is 0.478. The second kappa shape index (κ2) is 11.1. The number of halogens is 1. The van der Waals surface area contributed by atoms with E-state index < -0.39 is 0 Å². The quantitative estimate of drug-likeness (QED) is 0.546. The molecule has 0 saturated carbocycles. The lowest BCUT2D eigenvalue weighted by Gasteiger charge is -2.11. The Bertz CT molecular complexity index is 648. The summed E-state index contributed by atoms with van der Waals surface area (Å²) >= 11 is 0. The van der Waals surface area contributed by atoms with Crippen LogP contribution in [-0.2, 0) is 12.8 Å². The molecule has 0 aliphatic carbocycles. The first-order valence-corrected chi connectivity index (χ1v) is 9.77. The summed E-state index contributed by atoms with van der Waals surface area (Å²) in [7, 11) is 0. The zero-order valence-corrected chi connectivity index (χ0v) is 15.8. The van der Waals surface area contributed by atoms with Crippen LogP contribution in [-0.4, -0.2) is 23.4 Å². The van der Waals surface area contributed by atoms with Crippen molar-refractivity contribution < 1.29 is 14.6 Å². The lowest BCUT2D eigenvalue weighted by Crippen LogP contribution is -2.10. The summed E-state index contributed by atoms with van der Waals surface area (Å²) in [4.78, 5) is 0. The topological polar surface area (TPSA) is 40.5 Å². The van der Waals surface area contributed by atoms with E-state index in [0.717, 1.165) is 43.2 Å². The van der Waals surface area contributed by atoms with Crippen molar-refractivity contribution in [2.24, 2.45) is 5.92 Å². The number of unbranched alkanes of at least 4 members (excludes halogenated alkanes) is 2. The molecule has 0 unspecified atom stereocenters. The minimum absolute atomic E-state index is 0.0285. The van der Waals surface area contributed by atoms with Gasteiger partial charge in [0.15, 0.2) is 0 Å². The number of aliphatic hydroxyl groups is 2. The average Bonchev–Trinajstić information content (AvgIpc) is 2.66. The largest absolute Gasteiger partial charge is 0.396 e. The third-order valence-electron chi connectivity index (χ3n) is 4.96. The third-order valence-corrected chi connectivity index (χ3v) is 4.96. The van der Waals surface area contributed by atoms with E-state index in [1.54, 1.807) is 6.07 Å². The van der Waals surface area contributed by atoms with Crippen LogP contribution in [0.1, 0.15) is 50.2 Å². The Morgan fingerprint density at radius 1 is 0.846 bits per heavy atom. The summed E-state index contributed by atoms with van der Waals surface area (Å²) in [5.74, 6) is -0.181. The summed E-state index contributed by atoms with van der Waals surface area (Å²) in [6.45, 7) is 2.23. The van der Waals surface area contributed by atoms with Gasteiger partial charge in [0.05, 0.1) is 0 Å². The van der Waals surface area contributed by atoms with Gasteiger partial charge in [-0.15, -0.1) is 0 Å². The van der Waals surface area contributed by atoms with E-state index in [-0.39, 0.29) is 24.9 Å². The second-order valence-electron chi connectivity index (χ2n) is 7.09. The lowest BCUT2D eigenvalue weighted by molar-refractivity contribution is 0.142. The number of aryl methyl sites for hydroxylation is 2. The summed E-state index contributed by atoms with van der Waals surface area (Å²) in [6, 6.07) is 13.6. The smallest absolute Gasteiger partial charge is 0.131 e. The zero-order valence-electron chi connectivity index (χ0n) is 15.8. The van der Waals surface area contributed by atoms with Crippen LogP contribution in [0.4, 0.5) is 4.39 Å². The minimum atomic E-state index is -0.152. The molecule has 0 heterocycles. The molecule has 142 valence electrons. The molecule has 0 aliphatic rings. The molecule has 0 aromatic heterocycles. The van der Waals surface area contributed by atoms with Gasteiger partial charge < -0.3 is 10.2 Å². The van der Waals surface area contributed by atoms with Gasteiger partial charge in [-0.1, -0.05) is 56.2 Å². The molecule has 0 saturated heterocycles. The van der Waals surface area contributed by atoms with Crippen molar-refractivity contribution in [1.82, 2.24) is 0 Å². The number of benzene rings is 2. The molecule has 3 heteroatoms. The van der Waals surface area contributed by atoms with Crippen molar-refractivity contribution in [3.05, 3.63) is 59.4 Å². The standard InChI is InChI=1S/C23H31FO2/c1-2-3-4-6-19-11-14-22(23(24)15-19)21-12-9-18(10-13-21)7-5-8-20(16-25)17-26/h9-15,20,25-26H,2-8,16-17H2,1H3. The Morgan fingerprint density at radius 2 is 1.50 bits per heavy atom. The maximum atomic E-state index is 14.5. The number of hydrogen-bond acceptors (Lipinski definition) is 2. The van der Waals surface area contributed by atoms with Gasteiger partial charge in [-0.05, 0) is 54.9 Å². The predicted octanol–water partition coefficient (Wildman–Crippen LogP) is 5.15. The molecule has 2 aromatic rings. The molecular formula is C23H31FO2. The molecule has 0 amide bonds. The molecule has 0 aliphatic heterocycles. The van der Waals surface area contributed by atoms with Crippen molar-refractivity contribution in [2.75, 3.05) is 13.2 Å². The van der Waals surface area contributed by atoms with Crippen LogP contribution < -0.4 is 0 Å². The number of rotatable bonds is 11. The summed E-state index contributed by atoms with van der Waals surface area (Å²) in [5.41, 5.74) is 3.81. The van der Waals surface area contributed by atoms with Gasteiger partial charge in [0.25, 0.3) is 0 Å². The Morgan fingerprint density at radius 3 is 2.12 bits per heavy atom. The van der Waals surface area contributed by atoms with Gasteiger partial charge in [-0.2, -0.15) is 0 Å². The molecule has 0 radical (unpaired) electrons. The Hall–Kier alpha value is -1.71. The van der Waals surface area contributed by atoms with Crippen LogP contribution in [0.5, 0.6) is 0 Å². The van der Waals surface area contributed by atoms with Gasteiger partial charge in [-0.3, -0.25) is 0 Å². The van der Waals surface area contributed by atoms with Gasteiger partial charge in [0.1, 0.15) is 5.82 Å². The van der Waals surface area contributed by atoms with Crippen molar-refractivity contribution in [2.45, 2.75) is 51.9 Å². The highest BCUT2D eigenvalue weighted by Crippen LogP contribution is 2.25. The van der Waals surface area contributed by atoms with Crippen molar-refractivity contribution in [1.29, 1.82) is 0 Å². The monoisotopic (exact) mass is 358 g/mol. The molecule has 2 aromatic carbocycles. The van der Waals surface area contributed by atoms with Crippen LogP contribution in [0, 0.1) is 11.7 Å². The maximum Gasteiger partial charge on any atom is 0.131 e. The fourth-order valence-electron chi connectivity index (χ4n) is 3.21. The third kappa shape index (κ3) is 6.22. The SMILES string of the molecule is CCCCCc1ccc(-c2ccc(CCCC(CO)CO)cc2)c(F)c1. The van der Waals surface area contributed by atoms with Gasteiger partial charge >= 0.3 is 0 Å². The second-order valence-corrected chi connectivity index (χ2v) is 7.09. The zero-order chi connectivity index (χ0) is 18.8. The molecule has 0 bridgehead atoms. The highest BCUT2D eigenvalue weighted by atomic mass is 19.1. The summed E-state index contributed by atoms with van der Waals surface area (Å²) in [5, 5.41) is 18.2. The fourth-order valence-corrected chi connectivity index (χ4v) is 3.21. The van der Waals surface area contributed by atoms with Crippen molar-refractivity contribution in [3.63, 3.8) is 0 Å². The maximum absolute atomic E-state index is 14.5. The van der Waals surface area contributed by atoms with E-state index in [9.17, 15) is 4.39 Å². The molecule has 2 rings (SSSR count). The van der Waals surface area contributed by atoms with E-state index in [2.05, 4.69) is 6.92 Å².